The smallest absolute Gasteiger partial charge is 0.321 e. The molecule has 0 saturated heterocycles. The van der Waals surface area contributed by atoms with Crippen molar-refractivity contribution in [2.75, 3.05) is 33.4 Å². The molecule has 0 aliphatic carbocycles. The lowest BCUT2D eigenvalue weighted by Gasteiger charge is -2.19. The summed E-state index contributed by atoms with van der Waals surface area (Å²) in [6, 6.07) is 1.34. The molecule has 0 radical (unpaired) electrons. The molecule has 21 heavy (non-hydrogen) atoms. The number of ether oxygens (including phenoxy) is 2. The molecule has 0 aromatic carbocycles. The van der Waals surface area contributed by atoms with Gasteiger partial charge in [0.1, 0.15) is 10.8 Å². The van der Waals surface area contributed by atoms with Crippen LogP contribution in [0, 0.1) is 0 Å². The number of halogens is 2. The van der Waals surface area contributed by atoms with E-state index in [0.717, 1.165) is 15.6 Å². The van der Waals surface area contributed by atoms with E-state index in [0.29, 0.717) is 8.81 Å². The minimum Gasteiger partial charge on any atom is -0.465 e. The molecule has 0 bridgehead atoms. The van der Waals surface area contributed by atoms with Gasteiger partial charge < -0.3 is 9.47 Å². The van der Waals surface area contributed by atoms with Crippen LogP contribution in [0.4, 0.5) is 0 Å². The van der Waals surface area contributed by atoms with Crippen LogP contribution in [0.1, 0.15) is 6.92 Å². The molecule has 0 fully saturated rings. The van der Waals surface area contributed by atoms with Crippen LogP contribution in [0.2, 0.25) is 5.02 Å². The Balaban J connectivity index is 3.02. The van der Waals surface area contributed by atoms with Crippen molar-refractivity contribution in [2.45, 2.75) is 11.1 Å². The lowest BCUT2D eigenvalue weighted by molar-refractivity contribution is -0.143. The zero-order chi connectivity index (χ0) is 16.0. The van der Waals surface area contributed by atoms with E-state index >= 15 is 0 Å². The Morgan fingerprint density at radius 1 is 1.52 bits per heavy atom. The van der Waals surface area contributed by atoms with Crippen molar-refractivity contribution < 1.29 is 22.7 Å². The molecular weight excluding hydrogens is 406 g/mol. The highest BCUT2D eigenvalue weighted by atomic mass is 79.9. The molecule has 120 valence electrons. The molecule has 1 rings (SSSR count). The first-order valence-electron chi connectivity index (χ1n) is 5.92. The zero-order valence-electron chi connectivity index (χ0n) is 11.5. The first-order valence-corrected chi connectivity index (χ1v) is 9.35. The Kier molecular flexibility index (Phi) is 7.58. The van der Waals surface area contributed by atoms with Gasteiger partial charge in [0.15, 0.2) is 0 Å². The highest BCUT2D eigenvalue weighted by Gasteiger charge is 2.29. The number of sulfonamides is 1. The van der Waals surface area contributed by atoms with Gasteiger partial charge in [0.2, 0.25) is 0 Å². The van der Waals surface area contributed by atoms with E-state index < -0.39 is 16.0 Å². The molecule has 0 spiro atoms. The van der Waals surface area contributed by atoms with Gasteiger partial charge in [-0.3, -0.25) is 4.79 Å². The van der Waals surface area contributed by atoms with Crippen LogP contribution in [-0.2, 0) is 24.3 Å². The third-order valence-corrected chi connectivity index (χ3v) is 7.14. The minimum absolute atomic E-state index is 0.0464. The summed E-state index contributed by atoms with van der Waals surface area (Å²) in [5.74, 6) is -0.612. The Labute approximate surface area is 141 Å². The summed E-state index contributed by atoms with van der Waals surface area (Å²) in [7, 11) is -2.38. The van der Waals surface area contributed by atoms with Gasteiger partial charge in [0.25, 0.3) is 10.0 Å². The van der Waals surface area contributed by atoms with E-state index in [-0.39, 0.29) is 30.5 Å². The maximum Gasteiger partial charge on any atom is 0.321 e. The molecule has 0 amide bonds. The van der Waals surface area contributed by atoms with Gasteiger partial charge in [-0.2, -0.15) is 4.31 Å². The SMILES string of the molecule is CCOC(=O)CN(CCOC)S(=O)(=O)c1cc(Cl)c(Br)s1. The molecule has 1 aromatic rings. The standard InChI is InChI=1S/C11H15BrClNO5S2/c1-3-19-9(15)7-14(4-5-18-2)21(16,17)10-6-8(13)11(12)20-10/h6H,3-5,7H2,1-2H3. The Bertz CT molecular complexity index is 570. The fourth-order valence-corrected chi connectivity index (χ4v) is 5.33. The first-order chi connectivity index (χ1) is 9.82. The number of nitrogens with zero attached hydrogens (tertiary/aromatic N) is 1. The fourth-order valence-electron chi connectivity index (χ4n) is 1.41. The van der Waals surface area contributed by atoms with Crippen LogP contribution in [0.5, 0.6) is 0 Å². The summed E-state index contributed by atoms with van der Waals surface area (Å²) in [6.45, 7) is 1.69. The van der Waals surface area contributed by atoms with Crippen molar-refractivity contribution in [2.24, 2.45) is 0 Å². The highest BCUT2D eigenvalue weighted by Crippen LogP contribution is 2.35. The third-order valence-electron chi connectivity index (χ3n) is 2.37. The van der Waals surface area contributed by atoms with Crippen molar-refractivity contribution in [1.29, 1.82) is 0 Å². The lowest BCUT2D eigenvalue weighted by atomic mass is 10.6. The molecule has 0 saturated carbocycles. The quantitative estimate of drug-likeness (QED) is 0.604. The zero-order valence-corrected chi connectivity index (χ0v) is 15.4. The molecule has 0 aliphatic heterocycles. The number of methoxy groups -OCH3 is 1. The maximum absolute atomic E-state index is 12.5. The van der Waals surface area contributed by atoms with E-state index in [1.54, 1.807) is 6.92 Å². The monoisotopic (exact) mass is 419 g/mol. The normalized spacial score (nSPS) is 11.9. The molecule has 6 nitrogen and oxygen atoms in total. The van der Waals surface area contributed by atoms with Crippen LogP contribution in [0.3, 0.4) is 0 Å². The van der Waals surface area contributed by atoms with Gasteiger partial charge in [-0.05, 0) is 28.9 Å². The summed E-state index contributed by atoms with van der Waals surface area (Å²) in [5, 5.41) is 0.307. The Morgan fingerprint density at radius 3 is 2.67 bits per heavy atom. The van der Waals surface area contributed by atoms with Crippen LogP contribution in [-0.4, -0.2) is 52.1 Å². The van der Waals surface area contributed by atoms with Gasteiger partial charge in [0, 0.05) is 13.7 Å². The van der Waals surface area contributed by atoms with Crippen LogP contribution in [0.15, 0.2) is 14.1 Å². The second kappa shape index (κ2) is 8.44. The average Bonchev–Trinajstić information content (AvgIpc) is 2.75. The molecule has 0 unspecified atom stereocenters. The van der Waals surface area contributed by atoms with Gasteiger partial charge in [-0.15, -0.1) is 11.3 Å². The van der Waals surface area contributed by atoms with Crippen molar-refractivity contribution in [3.8, 4) is 0 Å². The molecule has 0 atom stereocenters. The van der Waals surface area contributed by atoms with Gasteiger partial charge in [-0.1, -0.05) is 11.6 Å². The second-order valence-electron chi connectivity index (χ2n) is 3.82. The van der Waals surface area contributed by atoms with Crippen molar-refractivity contribution in [3.63, 3.8) is 0 Å². The van der Waals surface area contributed by atoms with Crippen LogP contribution >= 0.6 is 38.9 Å². The first kappa shape index (κ1) is 18.9. The third kappa shape index (κ3) is 5.19. The van der Waals surface area contributed by atoms with E-state index in [1.807, 2.05) is 0 Å². The summed E-state index contributed by atoms with van der Waals surface area (Å²) in [5.41, 5.74) is 0. The number of carbonyl (C=O) groups excluding carboxylic acids is 1. The number of hydrogen-bond acceptors (Lipinski definition) is 6. The summed E-state index contributed by atoms with van der Waals surface area (Å²) >= 11 is 10.0. The van der Waals surface area contributed by atoms with E-state index in [2.05, 4.69) is 15.9 Å². The predicted molar refractivity (Wildman–Crippen MR) is 84.3 cm³/mol. The molecule has 1 aromatic heterocycles. The van der Waals surface area contributed by atoms with E-state index in [1.165, 1.54) is 13.2 Å². The molecule has 0 N–H and O–H groups in total. The largest absolute Gasteiger partial charge is 0.465 e. The van der Waals surface area contributed by atoms with Crippen molar-refractivity contribution in [1.82, 2.24) is 4.31 Å². The molecular formula is C11H15BrClNO5S2. The molecule has 0 aliphatic rings. The van der Waals surface area contributed by atoms with Crippen LogP contribution < -0.4 is 0 Å². The predicted octanol–water partition coefficient (Wildman–Crippen LogP) is 2.36. The number of rotatable bonds is 8. The number of esters is 1. The summed E-state index contributed by atoms with van der Waals surface area (Å²) in [4.78, 5) is 11.6. The van der Waals surface area contributed by atoms with E-state index in [9.17, 15) is 13.2 Å². The number of carbonyl (C=O) groups is 1. The molecule has 10 heteroatoms. The fraction of sp³-hybridized carbons (Fsp3) is 0.545. The number of thiophene rings is 1. The van der Waals surface area contributed by atoms with Gasteiger partial charge in [-0.25, -0.2) is 8.42 Å². The Hall–Kier alpha value is -0.190. The highest BCUT2D eigenvalue weighted by molar-refractivity contribution is 9.11. The van der Waals surface area contributed by atoms with Crippen molar-refractivity contribution >= 4 is 54.9 Å². The average molecular weight is 421 g/mol. The maximum atomic E-state index is 12.5. The topological polar surface area (TPSA) is 72.9 Å². The van der Waals surface area contributed by atoms with Crippen molar-refractivity contribution in [3.05, 3.63) is 14.9 Å². The second-order valence-corrected chi connectivity index (χ2v) is 8.77. The molecule has 1 heterocycles. The summed E-state index contributed by atoms with van der Waals surface area (Å²) in [6.07, 6.45) is 0. The van der Waals surface area contributed by atoms with Crippen LogP contribution in [0.25, 0.3) is 0 Å². The number of hydrogen-bond donors (Lipinski definition) is 0. The van der Waals surface area contributed by atoms with Gasteiger partial charge in [0.05, 0.1) is 22.0 Å². The summed E-state index contributed by atoms with van der Waals surface area (Å²) < 4.78 is 36.3. The lowest BCUT2D eigenvalue weighted by Crippen LogP contribution is -2.38. The Morgan fingerprint density at radius 2 is 2.19 bits per heavy atom. The minimum atomic E-state index is -3.83. The van der Waals surface area contributed by atoms with E-state index in [4.69, 9.17) is 21.1 Å². The van der Waals surface area contributed by atoms with Gasteiger partial charge >= 0.3 is 5.97 Å².